The van der Waals surface area contributed by atoms with Gasteiger partial charge in [0, 0.05) is 31.1 Å². The zero-order valence-electron chi connectivity index (χ0n) is 16.2. The van der Waals surface area contributed by atoms with Crippen molar-refractivity contribution in [3.8, 4) is 5.75 Å². The summed E-state index contributed by atoms with van der Waals surface area (Å²) in [6, 6.07) is 8.23. The summed E-state index contributed by atoms with van der Waals surface area (Å²) in [6.45, 7) is 3.20. The second kappa shape index (κ2) is 10.8. The summed E-state index contributed by atoms with van der Waals surface area (Å²) in [4.78, 5) is 2.33. The Hall–Kier alpha value is -1.43. The lowest BCUT2D eigenvalue weighted by Gasteiger charge is -2.28. The van der Waals surface area contributed by atoms with E-state index in [1.165, 1.54) is 11.1 Å². The Labute approximate surface area is 167 Å². The molecule has 0 radical (unpaired) electrons. The fraction of sp³-hybridized carbons (Fsp3) is 0.545. The van der Waals surface area contributed by atoms with E-state index in [1.54, 1.807) is 7.11 Å². The Balaban J connectivity index is 1.47. The van der Waals surface area contributed by atoms with Crippen LogP contribution in [0.5, 0.6) is 5.75 Å². The van der Waals surface area contributed by atoms with Crippen molar-refractivity contribution in [2.45, 2.75) is 31.8 Å². The molecule has 0 bridgehead atoms. The van der Waals surface area contributed by atoms with Crippen LogP contribution in [0.15, 0.2) is 47.7 Å². The van der Waals surface area contributed by atoms with Gasteiger partial charge in [0.25, 0.3) is 0 Å². The maximum absolute atomic E-state index is 10.3. The average Bonchev–Trinajstić information content (AvgIpc) is 2.72. The van der Waals surface area contributed by atoms with Crippen LogP contribution in [0.2, 0.25) is 0 Å². The second-order valence-corrected chi connectivity index (χ2v) is 8.33. The minimum atomic E-state index is -0.435. The maximum Gasteiger partial charge on any atom is 0.119 e. The number of aryl methyl sites for hydroxylation is 1. The summed E-state index contributed by atoms with van der Waals surface area (Å²) >= 11 is 1.99. The van der Waals surface area contributed by atoms with Crippen molar-refractivity contribution in [1.29, 1.82) is 0 Å². The van der Waals surface area contributed by atoms with Gasteiger partial charge in [0.05, 0.1) is 7.11 Å². The van der Waals surface area contributed by atoms with Crippen molar-refractivity contribution in [2.24, 2.45) is 0 Å². The molecule has 2 aliphatic rings. The molecule has 0 spiro atoms. The number of methoxy groups -OCH3 is 1. The van der Waals surface area contributed by atoms with Gasteiger partial charge in [0.2, 0.25) is 0 Å². The van der Waals surface area contributed by atoms with Crippen LogP contribution in [0.4, 0.5) is 0 Å². The summed E-state index contributed by atoms with van der Waals surface area (Å²) in [5.74, 6) is 4.18. The Kier molecular flexibility index (Phi) is 8.11. The van der Waals surface area contributed by atoms with E-state index in [1.807, 2.05) is 23.9 Å². The number of ether oxygens (including phenoxy) is 2. The van der Waals surface area contributed by atoms with Crippen LogP contribution in [0.1, 0.15) is 24.8 Å². The molecule has 1 aromatic rings. The third-order valence-electron chi connectivity index (χ3n) is 5.02. The van der Waals surface area contributed by atoms with Gasteiger partial charge >= 0.3 is 0 Å². The van der Waals surface area contributed by atoms with Crippen molar-refractivity contribution in [3.63, 3.8) is 0 Å². The Bertz CT molecular complexity index is 653. The van der Waals surface area contributed by atoms with Crippen LogP contribution in [-0.2, 0) is 11.2 Å². The van der Waals surface area contributed by atoms with Crippen LogP contribution >= 0.6 is 11.8 Å². The largest absolute Gasteiger partial charge is 0.497 e. The first-order valence-corrected chi connectivity index (χ1v) is 11.0. The summed E-state index contributed by atoms with van der Waals surface area (Å²) in [5.41, 5.74) is 2.52. The van der Waals surface area contributed by atoms with Crippen LogP contribution in [0.3, 0.4) is 0 Å². The van der Waals surface area contributed by atoms with Crippen molar-refractivity contribution in [2.75, 3.05) is 44.9 Å². The Morgan fingerprint density at radius 2 is 1.96 bits per heavy atom. The van der Waals surface area contributed by atoms with Crippen LogP contribution in [-0.4, -0.2) is 61.0 Å². The molecule has 0 saturated carbocycles. The Morgan fingerprint density at radius 3 is 2.78 bits per heavy atom. The summed E-state index contributed by atoms with van der Waals surface area (Å²) < 4.78 is 11.3. The highest BCUT2D eigenvalue weighted by Gasteiger charge is 2.17. The average molecular weight is 390 g/mol. The molecule has 1 aromatic carbocycles. The number of hydrogen-bond donors (Lipinski definition) is 1. The van der Waals surface area contributed by atoms with E-state index in [2.05, 4.69) is 29.2 Å². The molecule has 1 aliphatic carbocycles. The first-order valence-electron chi connectivity index (χ1n) is 9.88. The minimum Gasteiger partial charge on any atom is -0.497 e. The predicted molar refractivity (Wildman–Crippen MR) is 112 cm³/mol. The van der Waals surface area contributed by atoms with E-state index in [4.69, 9.17) is 9.47 Å². The molecule has 1 atom stereocenters. The highest BCUT2D eigenvalue weighted by molar-refractivity contribution is 7.99. The summed E-state index contributed by atoms with van der Waals surface area (Å²) in [7, 11) is 1.70. The fourth-order valence-electron chi connectivity index (χ4n) is 3.51. The number of thioether (sulfide) groups is 1. The molecule has 0 amide bonds. The van der Waals surface area contributed by atoms with E-state index >= 15 is 0 Å². The molecule has 1 saturated heterocycles. The van der Waals surface area contributed by atoms with Gasteiger partial charge in [-0.2, -0.15) is 11.8 Å². The number of rotatable bonds is 9. The number of aliphatic hydroxyl groups is 1. The van der Waals surface area contributed by atoms with E-state index in [-0.39, 0.29) is 0 Å². The van der Waals surface area contributed by atoms with E-state index in [0.717, 1.165) is 61.8 Å². The summed E-state index contributed by atoms with van der Waals surface area (Å²) in [5, 5.41) is 10.3. The van der Waals surface area contributed by atoms with Crippen LogP contribution in [0.25, 0.3) is 0 Å². The molecule has 5 heteroatoms. The summed E-state index contributed by atoms with van der Waals surface area (Å²) in [6.07, 6.45) is 7.99. The van der Waals surface area contributed by atoms with Gasteiger partial charge in [0.1, 0.15) is 24.2 Å². The van der Waals surface area contributed by atoms with Crippen molar-refractivity contribution < 1.29 is 14.6 Å². The minimum absolute atomic E-state index is 0.367. The Morgan fingerprint density at radius 1 is 1.15 bits per heavy atom. The molecule has 148 valence electrons. The second-order valence-electron chi connectivity index (χ2n) is 7.10. The van der Waals surface area contributed by atoms with Crippen molar-refractivity contribution >= 4 is 11.8 Å². The quantitative estimate of drug-likeness (QED) is 0.698. The van der Waals surface area contributed by atoms with E-state index in [9.17, 15) is 5.11 Å². The van der Waals surface area contributed by atoms with Gasteiger partial charge in [0.15, 0.2) is 0 Å². The first kappa shape index (κ1) is 20.3. The van der Waals surface area contributed by atoms with E-state index < -0.39 is 6.10 Å². The third kappa shape index (κ3) is 6.59. The number of allylic oxidation sites excluding steroid dienone is 3. The lowest BCUT2D eigenvalue weighted by molar-refractivity contribution is 0.0465. The zero-order chi connectivity index (χ0) is 18.9. The normalized spacial score (nSPS) is 19.2. The first-order chi connectivity index (χ1) is 13.2. The van der Waals surface area contributed by atoms with Crippen molar-refractivity contribution in [1.82, 2.24) is 4.90 Å². The van der Waals surface area contributed by atoms with Crippen LogP contribution in [0, 0.1) is 0 Å². The van der Waals surface area contributed by atoms with E-state index in [0.29, 0.717) is 13.2 Å². The molecular weight excluding hydrogens is 358 g/mol. The van der Waals surface area contributed by atoms with Gasteiger partial charge in [-0.3, -0.25) is 4.90 Å². The van der Waals surface area contributed by atoms with Gasteiger partial charge in [-0.05, 0) is 55.0 Å². The van der Waals surface area contributed by atoms with Crippen LogP contribution < -0.4 is 4.74 Å². The number of benzene rings is 1. The predicted octanol–water partition coefficient (Wildman–Crippen LogP) is 3.66. The molecule has 1 aliphatic heterocycles. The standard InChI is InChI=1S/C22H31NO3S/c1-25-21-7-4-5-18(15-21)9-10-19-6-2-3-8-22(19)26-17-20(24)16-23-11-13-27-14-12-23/h4-8,15,20,24H,2-3,9-14,16-17H2,1H3/t20-/m0/s1. The molecule has 27 heavy (non-hydrogen) atoms. The molecular formula is C22H31NO3S. The number of nitrogens with zero attached hydrogens (tertiary/aromatic N) is 1. The van der Waals surface area contributed by atoms with Gasteiger partial charge in [-0.25, -0.2) is 0 Å². The van der Waals surface area contributed by atoms with Crippen molar-refractivity contribution in [3.05, 3.63) is 53.3 Å². The number of aliphatic hydroxyl groups excluding tert-OH is 1. The lowest BCUT2D eigenvalue weighted by Crippen LogP contribution is -2.39. The number of hydrogen-bond acceptors (Lipinski definition) is 5. The smallest absolute Gasteiger partial charge is 0.119 e. The van der Waals surface area contributed by atoms with Gasteiger partial charge < -0.3 is 14.6 Å². The van der Waals surface area contributed by atoms with Gasteiger partial charge in [-0.1, -0.05) is 18.2 Å². The molecule has 3 rings (SSSR count). The molecule has 0 aromatic heterocycles. The molecule has 1 N–H and O–H groups in total. The fourth-order valence-corrected chi connectivity index (χ4v) is 4.49. The zero-order valence-corrected chi connectivity index (χ0v) is 17.0. The topological polar surface area (TPSA) is 41.9 Å². The SMILES string of the molecule is COc1cccc(CCC2=CCCC=C2OC[C@@H](O)CN2CCSCC2)c1. The molecule has 0 unspecified atom stereocenters. The number of β-amino-alcohol motifs (C(OH)–C–C–N with tert-alkyl or cyclic N) is 1. The lowest BCUT2D eigenvalue weighted by atomic mass is 9.98. The highest BCUT2D eigenvalue weighted by Crippen LogP contribution is 2.25. The molecule has 1 heterocycles. The molecule has 4 nitrogen and oxygen atoms in total. The maximum atomic E-state index is 10.3. The monoisotopic (exact) mass is 389 g/mol. The highest BCUT2D eigenvalue weighted by atomic mass is 32.2. The third-order valence-corrected chi connectivity index (χ3v) is 5.97. The van der Waals surface area contributed by atoms with Gasteiger partial charge in [-0.15, -0.1) is 0 Å². The molecule has 1 fully saturated rings.